The molecule has 0 aliphatic heterocycles. The van der Waals surface area contributed by atoms with Gasteiger partial charge in [-0.15, -0.1) is 0 Å². The van der Waals surface area contributed by atoms with Crippen LogP contribution in [-0.2, 0) is 14.8 Å². The second-order valence-corrected chi connectivity index (χ2v) is 9.79. The smallest absolute Gasteiger partial charge is 0.342 e. The number of unbranched alkanes of at least 4 members (excludes halogenated alkanes) is 4. The number of sulfonamides is 1. The van der Waals surface area contributed by atoms with Crippen LogP contribution in [0.4, 0.5) is 11.4 Å². The fourth-order valence-corrected chi connectivity index (χ4v) is 4.72. The maximum absolute atomic E-state index is 12.8. The van der Waals surface area contributed by atoms with Crippen molar-refractivity contribution in [1.82, 2.24) is 0 Å². The summed E-state index contributed by atoms with van der Waals surface area (Å²) in [6.07, 6.45) is 5.12. The van der Waals surface area contributed by atoms with Gasteiger partial charge in [0.25, 0.3) is 15.7 Å². The van der Waals surface area contributed by atoms with Gasteiger partial charge in [0.05, 0.1) is 16.4 Å². The number of nitrogens with one attached hydrogen (secondary N) is 1. The van der Waals surface area contributed by atoms with E-state index in [4.69, 9.17) is 9.15 Å². The van der Waals surface area contributed by atoms with Crippen LogP contribution in [0, 0.1) is 24.0 Å². The lowest BCUT2D eigenvalue weighted by molar-refractivity contribution is -0.385. The Balaban J connectivity index is 1.82. The molecule has 34 heavy (non-hydrogen) atoms. The van der Waals surface area contributed by atoms with E-state index in [1.807, 2.05) is 0 Å². The Kier molecular flexibility index (Phi) is 7.93. The van der Waals surface area contributed by atoms with Crippen molar-refractivity contribution < 1.29 is 27.3 Å². The van der Waals surface area contributed by atoms with Crippen molar-refractivity contribution in [2.75, 3.05) is 11.3 Å². The lowest BCUT2D eigenvalue weighted by Gasteiger charge is -2.09. The summed E-state index contributed by atoms with van der Waals surface area (Å²) in [6.45, 7) is 5.61. The van der Waals surface area contributed by atoms with Crippen LogP contribution in [0.15, 0.2) is 45.7 Å². The Morgan fingerprint density at radius 1 is 1.09 bits per heavy atom. The number of fused-ring (bicyclic) bond motifs is 1. The van der Waals surface area contributed by atoms with Crippen LogP contribution in [0.5, 0.6) is 0 Å². The molecule has 0 saturated heterocycles. The zero-order valence-corrected chi connectivity index (χ0v) is 20.2. The van der Waals surface area contributed by atoms with Crippen molar-refractivity contribution in [3.63, 3.8) is 0 Å². The zero-order chi connectivity index (χ0) is 24.9. The van der Waals surface area contributed by atoms with Crippen molar-refractivity contribution in [2.45, 2.75) is 57.8 Å². The van der Waals surface area contributed by atoms with Gasteiger partial charge in [0, 0.05) is 22.7 Å². The van der Waals surface area contributed by atoms with Gasteiger partial charge in [-0.1, -0.05) is 38.7 Å². The summed E-state index contributed by atoms with van der Waals surface area (Å²) in [5, 5.41) is 11.6. The first-order chi connectivity index (χ1) is 16.1. The first-order valence-electron chi connectivity index (χ1n) is 11.1. The highest BCUT2D eigenvalue weighted by Crippen LogP contribution is 2.30. The van der Waals surface area contributed by atoms with Gasteiger partial charge in [0.1, 0.15) is 16.9 Å². The second-order valence-electron chi connectivity index (χ2n) is 8.11. The van der Waals surface area contributed by atoms with E-state index in [2.05, 4.69) is 11.6 Å². The van der Waals surface area contributed by atoms with Crippen LogP contribution in [-0.4, -0.2) is 25.9 Å². The number of benzene rings is 2. The predicted molar refractivity (Wildman–Crippen MR) is 129 cm³/mol. The molecule has 1 N–H and O–H groups in total. The number of hydrogen-bond donors (Lipinski definition) is 1. The summed E-state index contributed by atoms with van der Waals surface area (Å²) in [6, 6.07) is 8.24. The summed E-state index contributed by atoms with van der Waals surface area (Å²) in [4.78, 5) is 23.0. The van der Waals surface area contributed by atoms with E-state index >= 15 is 0 Å². The molecule has 0 saturated carbocycles. The lowest BCUT2D eigenvalue weighted by Crippen LogP contribution is -2.13. The van der Waals surface area contributed by atoms with E-state index in [0.29, 0.717) is 28.9 Å². The number of carbonyl (C=O) groups excluding carboxylic acids is 1. The maximum Gasteiger partial charge on any atom is 0.342 e. The van der Waals surface area contributed by atoms with Gasteiger partial charge in [0.2, 0.25) is 0 Å². The Morgan fingerprint density at radius 3 is 2.53 bits per heavy atom. The minimum atomic E-state index is -4.11. The monoisotopic (exact) mass is 488 g/mol. The second kappa shape index (κ2) is 10.7. The summed E-state index contributed by atoms with van der Waals surface area (Å²) >= 11 is 0. The molecule has 0 aliphatic rings. The lowest BCUT2D eigenvalue weighted by atomic mass is 10.1. The largest absolute Gasteiger partial charge is 0.462 e. The van der Waals surface area contributed by atoms with Gasteiger partial charge >= 0.3 is 5.97 Å². The minimum Gasteiger partial charge on any atom is -0.462 e. The Morgan fingerprint density at radius 2 is 1.82 bits per heavy atom. The predicted octanol–water partition coefficient (Wildman–Crippen LogP) is 5.89. The van der Waals surface area contributed by atoms with Crippen LogP contribution in [0.2, 0.25) is 0 Å². The highest BCUT2D eigenvalue weighted by molar-refractivity contribution is 7.92. The average Bonchev–Trinajstić information content (AvgIpc) is 3.10. The van der Waals surface area contributed by atoms with Gasteiger partial charge in [-0.05, 0) is 44.5 Å². The van der Waals surface area contributed by atoms with Gasteiger partial charge in [-0.3, -0.25) is 14.8 Å². The number of nitro groups is 1. The molecule has 3 aromatic rings. The normalized spacial score (nSPS) is 11.5. The topological polar surface area (TPSA) is 129 Å². The van der Waals surface area contributed by atoms with Crippen LogP contribution in [0.25, 0.3) is 11.0 Å². The number of esters is 1. The van der Waals surface area contributed by atoms with Crippen LogP contribution >= 0.6 is 0 Å². The van der Waals surface area contributed by atoms with Crippen molar-refractivity contribution in [3.05, 3.63) is 63.4 Å². The molecule has 9 nitrogen and oxygen atoms in total. The zero-order valence-electron chi connectivity index (χ0n) is 19.4. The molecule has 0 bridgehead atoms. The van der Waals surface area contributed by atoms with Gasteiger partial charge in [-0.25, -0.2) is 13.2 Å². The fraction of sp³-hybridized carbons (Fsp3) is 0.375. The average molecular weight is 489 g/mol. The number of furan rings is 1. The molecule has 2 aromatic carbocycles. The quantitative estimate of drug-likeness (QED) is 0.154. The number of nitrogens with zero attached hydrogens (tertiary/aromatic N) is 1. The molecule has 0 fully saturated rings. The number of rotatable bonds is 11. The molecule has 182 valence electrons. The first kappa shape index (κ1) is 25.2. The molecule has 3 rings (SSSR count). The van der Waals surface area contributed by atoms with Crippen molar-refractivity contribution >= 4 is 38.3 Å². The highest BCUT2D eigenvalue weighted by Gasteiger charge is 2.23. The number of anilines is 1. The molecule has 1 heterocycles. The van der Waals surface area contributed by atoms with E-state index in [0.717, 1.165) is 38.2 Å². The van der Waals surface area contributed by atoms with Gasteiger partial charge < -0.3 is 9.15 Å². The van der Waals surface area contributed by atoms with E-state index in [1.165, 1.54) is 31.2 Å². The molecule has 0 radical (unpaired) electrons. The van der Waals surface area contributed by atoms with E-state index in [-0.39, 0.29) is 21.8 Å². The summed E-state index contributed by atoms with van der Waals surface area (Å²) in [5.74, 6) is -0.152. The molecule has 0 atom stereocenters. The Labute approximate surface area is 198 Å². The van der Waals surface area contributed by atoms with Crippen molar-refractivity contribution in [1.29, 1.82) is 0 Å². The fourth-order valence-electron chi connectivity index (χ4n) is 3.65. The van der Waals surface area contributed by atoms with E-state index < -0.39 is 20.9 Å². The van der Waals surface area contributed by atoms with Crippen molar-refractivity contribution in [2.24, 2.45) is 0 Å². The van der Waals surface area contributed by atoms with E-state index in [1.54, 1.807) is 13.0 Å². The van der Waals surface area contributed by atoms with Crippen molar-refractivity contribution in [3.8, 4) is 0 Å². The SMILES string of the molecule is CCCCCCCOC(=O)c1c(C)oc2ccc(NS(=O)(=O)c3ccc(C)c([N+](=O)[O-])c3)cc12. The molecular weight excluding hydrogens is 460 g/mol. The van der Waals surface area contributed by atoms with E-state index in [9.17, 15) is 23.3 Å². The molecule has 10 heteroatoms. The molecule has 1 aromatic heterocycles. The number of carbonyl (C=O) groups is 1. The minimum absolute atomic E-state index is 0.185. The molecule has 0 unspecified atom stereocenters. The summed E-state index contributed by atoms with van der Waals surface area (Å²) in [7, 11) is -4.11. The number of aryl methyl sites for hydroxylation is 2. The van der Waals surface area contributed by atoms with Crippen LogP contribution < -0.4 is 4.72 Å². The molecule has 0 spiro atoms. The van der Waals surface area contributed by atoms with Crippen LogP contribution in [0.3, 0.4) is 0 Å². The Hall–Kier alpha value is -3.40. The van der Waals surface area contributed by atoms with Crippen LogP contribution in [0.1, 0.15) is 60.7 Å². The molecule has 0 amide bonds. The maximum atomic E-state index is 12.8. The molecule has 0 aliphatic carbocycles. The first-order valence-corrected chi connectivity index (χ1v) is 12.6. The third-order valence-corrected chi connectivity index (χ3v) is 6.87. The summed E-state index contributed by atoms with van der Waals surface area (Å²) < 4.78 is 39.2. The number of hydrogen-bond acceptors (Lipinski definition) is 7. The number of nitro benzene ring substituents is 1. The highest BCUT2D eigenvalue weighted by atomic mass is 32.2. The van der Waals surface area contributed by atoms with Gasteiger partial charge in [-0.2, -0.15) is 0 Å². The Bertz CT molecular complexity index is 1310. The third kappa shape index (κ3) is 5.74. The molecular formula is C24H28N2O7S. The number of ether oxygens (including phenoxy) is 1. The summed E-state index contributed by atoms with van der Waals surface area (Å²) in [5.41, 5.74) is 0.915. The van der Waals surface area contributed by atoms with Gasteiger partial charge in [0.15, 0.2) is 0 Å². The third-order valence-electron chi connectivity index (χ3n) is 5.49. The standard InChI is InChI=1S/C24H28N2O7S/c1-4-5-6-7-8-13-32-24(27)23-17(3)33-22-12-10-18(14-20(22)23)25-34(30,31)19-11-9-16(2)21(15-19)26(28)29/h9-12,14-15,25H,4-8,13H2,1-3H3.